The van der Waals surface area contributed by atoms with Gasteiger partial charge in [-0.25, -0.2) is 0 Å². The van der Waals surface area contributed by atoms with Gasteiger partial charge in [-0.15, -0.1) is 0 Å². The maximum absolute atomic E-state index is 11.8. The van der Waals surface area contributed by atoms with E-state index in [4.69, 9.17) is 0 Å². The molecular formula is C10H20F3NS. The molecule has 0 aliphatic rings. The van der Waals surface area contributed by atoms with Crippen LogP contribution in [0, 0.1) is 0 Å². The minimum Gasteiger partial charge on any atom is -0.308 e. The fraction of sp³-hybridized carbons (Fsp3) is 1.00. The van der Waals surface area contributed by atoms with Crippen molar-refractivity contribution in [1.82, 2.24) is 5.32 Å². The van der Waals surface area contributed by atoms with Crippen molar-refractivity contribution in [3.63, 3.8) is 0 Å². The lowest BCUT2D eigenvalue weighted by atomic mass is 10.3. The molecule has 0 saturated carbocycles. The smallest absolute Gasteiger partial charge is 0.308 e. The molecule has 0 aromatic heterocycles. The number of nitrogens with one attached hydrogen (secondary N) is 1. The predicted octanol–water partition coefficient (Wildman–Crippen LogP) is 3.45. The SMILES string of the molecule is CCCCCSC(C)CNCC(F)(F)F. The standard InChI is InChI=1S/C10H20F3NS/c1-3-4-5-6-15-9(2)7-14-8-10(11,12)13/h9,14H,3-8H2,1-2H3. The van der Waals surface area contributed by atoms with Crippen molar-refractivity contribution in [1.29, 1.82) is 0 Å². The fourth-order valence-corrected chi connectivity index (χ4v) is 2.12. The minimum absolute atomic E-state index is 0.254. The zero-order valence-electron chi connectivity index (χ0n) is 9.36. The molecule has 1 nitrogen and oxygen atoms in total. The molecule has 15 heavy (non-hydrogen) atoms. The van der Waals surface area contributed by atoms with Crippen LogP contribution in [0.3, 0.4) is 0 Å². The van der Waals surface area contributed by atoms with E-state index in [1.807, 2.05) is 6.92 Å². The summed E-state index contributed by atoms with van der Waals surface area (Å²) in [4.78, 5) is 0. The van der Waals surface area contributed by atoms with E-state index in [1.54, 1.807) is 11.8 Å². The Labute approximate surface area is 94.2 Å². The van der Waals surface area contributed by atoms with Gasteiger partial charge in [0.1, 0.15) is 0 Å². The van der Waals surface area contributed by atoms with Crippen LogP contribution < -0.4 is 5.32 Å². The molecule has 1 N–H and O–H groups in total. The highest BCUT2D eigenvalue weighted by molar-refractivity contribution is 7.99. The van der Waals surface area contributed by atoms with Gasteiger partial charge in [0.05, 0.1) is 6.54 Å². The number of rotatable bonds is 8. The predicted molar refractivity (Wildman–Crippen MR) is 60.4 cm³/mol. The maximum atomic E-state index is 11.8. The lowest BCUT2D eigenvalue weighted by Crippen LogP contribution is -2.32. The van der Waals surface area contributed by atoms with Crippen LogP contribution in [0.25, 0.3) is 0 Å². The molecule has 5 heteroatoms. The monoisotopic (exact) mass is 243 g/mol. The van der Waals surface area contributed by atoms with Crippen LogP contribution in [0.2, 0.25) is 0 Å². The van der Waals surface area contributed by atoms with Gasteiger partial charge in [0.2, 0.25) is 0 Å². The molecule has 1 atom stereocenters. The zero-order chi connectivity index (χ0) is 11.7. The van der Waals surface area contributed by atoms with Crippen LogP contribution >= 0.6 is 11.8 Å². The van der Waals surface area contributed by atoms with Gasteiger partial charge in [-0.05, 0) is 12.2 Å². The third kappa shape index (κ3) is 12.0. The summed E-state index contributed by atoms with van der Waals surface area (Å²) < 4.78 is 35.4. The molecule has 0 aromatic rings. The van der Waals surface area contributed by atoms with E-state index in [1.165, 1.54) is 12.8 Å². The first-order chi connectivity index (χ1) is 6.95. The topological polar surface area (TPSA) is 12.0 Å². The number of halogens is 3. The van der Waals surface area contributed by atoms with Gasteiger partial charge in [0.15, 0.2) is 0 Å². The molecule has 0 aromatic carbocycles. The van der Waals surface area contributed by atoms with Crippen molar-refractivity contribution >= 4 is 11.8 Å². The first-order valence-electron chi connectivity index (χ1n) is 5.34. The van der Waals surface area contributed by atoms with Crippen LogP contribution in [-0.2, 0) is 0 Å². The van der Waals surface area contributed by atoms with E-state index in [9.17, 15) is 13.2 Å². The number of unbranched alkanes of at least 4 members (excludes halogenated alkanes) is 2. The van der Waals surface area contributed by atoms with Gasteiger partial charge in [0, 0.05) is 11.8 Å². The summed E-state index contributed by atoms with van der Waals surface area (Å²) in [6, 6.07) is 0. The first-order valence-corrected chi connectivity index (χ1v) is 6.39. The third-order valence-electron chi connectivity index (χ3n) is 1.91. The van der Waals surface area contributed by atoms with Crippen LogP contribution in [0.5, 0.6) is 0 Å². The molecule has 1 unspecified atom stereocenters. The normalized spacial score (nSPS) is 14.2. The summed E-state index contributed by atoms with van der Waals surface area (Å²) in [6.07, 6.45) is -0.547. The van der Waals surface area contributed by atoms with Crippen LogP contribution in [-0.4, -0.2) is 30.3 Å². The summed E-state index contributed by atoms with van der Waals surface area (Å²) >= 11 is 1.74. The van der Waals surface area contributed by atoms with E-state index >= 15 is 0 Å². The number of hydrogen-bond donors (Lipinski definition) is 1. The fourth-order valence-electron chi connectivity index (χ4n) is 1.11. The molecule has 0 bridgehead atoms. The summed E-state index contributed by atoms with van der Waals surface area (Å²) in [5.41, 5.74) is 0. The second kappa shape index (κ2) is 8.28. The Morgan fingerprint density at radius 2 is 1.93 bits per heavy atom. The molecule has 0 radical (unpaired) electrons. The second-order valence-electron chi connectivity index (χ2n) is 3.63. The van der Waals surface area contributed by atoms with Gasteiger partial charge >= 0.3 is 6.18 Å². The van der Waals surface area contributed by atoms with E-state index in [0.717, 1.165) is 12.2 Å². The Kier molecular flexibility index (Phi) is 8.33. The Bertz CT molecular complexity index is 150. The summed E-state index contributed by atoms with van der Waals surface area (Å²) in [6.45, 7) is 3.64. The molecule has 0 saturated heterocycles. The van der Waals surface area contributed by atoms with Gasteiger partial charge in [-0.1, -0.05) is 26.7 Å². The largest absolute Gasteiger partial charge is 0.401 e. The number of hydrogen-bond acceptors (Lipinski definition) is 2. The third-order valence-corrected chi connectivity index (χ3v) is 3.17. The second-order valence-corrected chi connectivity index (χ2v) is 5.18. The molecule has 0 rings (SSSR count). The molecule has 92 valence electrons. The van der Waals surface area contributed by atoms with E-state index in [2.05, 4.69) is 12.2 Å². The van der Waals surface area contributed by atoms with Crippen LogP contribution in [0.15, 0.2) is 0 Å². The van der Waals surface area contributed by atoms with E-state index < -0.39 is 12.7 Å². The highest BCUT2D eigenvalue weighted by Gasteiger charge is 2.26. The minimum atomic E-state index is -4.09. The average molecular weight is 243 g/mol. The summed E-state index contributed by atoms with van der Waals surface area (Å²) in [7, 11) is 0. The van der Waals surface area contributed by atoms with Crippen molar-refractivity contribution < 1.29 is 13.2 Å². The summed E-state index contributed by atoms with van der Waals surface area (Å²) in [5, 5.41) is 2.67. The van der Waals surface area contributed by atoms with E-state index in [0.29, 0.717) is 6.54 Å². The van der Waals surface area contributed by atoms with Crippen molar-refractivity contribution in [2.45, 2.75) is 44.5 Å². The Morgan fingerprint density at radius 3 is 2.47 bits per heavy atom. The van der Waals surface area contributed by atoms with Gasteiger partial charge in [-0.2, -0.15) is 24.9 Å². The first kappa shape index (κ1) is 15.1. The van der Waals surface area contributed by atoms with Crippen molar-refractivity contribution in [3.8, 4) is 0 Å². The number of thioether (sulfide) groups is 1. The number of alkyl halides is 3. The molecule has 0 heterocycles. The van der Waals surface area contributed by atoms with Crippen molar-refractivity contribution in [2.75, 3.05) is 18.8 Å². The molecule has 0 aliphatic heterocycles. The lowest BCUT2D eigenvalue weighted by molar-refractivity contribution is -0.124. The van der Waals surface area contributed by atoms with Crippen LogP contribution in [0.1, 0.15) is 33.1 Å². The van der Waals surface area contributed by atoms with Crippen LogP contribution in [0.4, 0.5) is 13.2 Å². The summed E-state index contributed by atoms with van der Waals surface area (Å²) in [5.74, 6) is 1.04. The average Bonchev–Trinajstić information content (AvgIpc) is 2.10. The van der Waals surface area contributed by atoms with Gasteiger partial charge < -0.3 is 5.32 Å². The van der Waals surface area contributed by atoms with E-state index in [-0.39, 0.29) is 5.25 Å². The highest BCUT2D eigenvalue weighted by atomic mass is 32.2. The Balaban J connectivity index is 3.29. The molecule has 0 amide bonds. The van der Waals surface area contributed by atoms with Gasteiger partial charge in [-0.3, -0.25) is 0 Å². The molecule has 0 spiro atoms. The van der Waals surface area contributed by atoms with Crippen molar-refractivity contribution in [2.24, 2.45) is 0 Å². The highest BCUT2D eigenvalue weighted by Crippen LogP contribution is 2.15. The molecule has 0 fully saturated rings. The van der Waals surface area contributed by atoms with Gasteiger partial charge in [0.25, 0.3) is 0 Å². The Hall–Kier alpha value is 0.100. The molecular weight excluding hydrogens is 223 g/mol. The Morgan fingerprint density at radius 1 is 1.27 bits per heavy atom. The maximum Gasteiger partial charge on any atom is 0.401 e. The zero-order valence-corrected chi connectivity index (χ0v) is 10.2. The lowest BCUT2D eigenvalue weighted by Gasteiger charge is -2.13. The quantitative estimate of drug-likeness (QED) is 0.655. The molecule has 0 aliphatic carbocycles. The van der Waals surface area contributed by atoms with Crippen molar-refractivity contribution in [3.05, 3.63) is 0 Å².